The van der Waals surface area contributed by atoms with E-state index in [1.807, 2.05) is 18.2 Å². The molecule has 1 heterocycles. The molecule has 0 saturated carbocycles. The van der Waals surface area contributed by atoms with Gasteiger partial charge in [0.25, 0.3) is 5.91 Å². The SMILES string of the molecule is COc1ccccc1C[C@@]1(C)NC(=O)N(CC(=O)Nc2cccc(C(C)=O)c2)C1=O. The third-order valence-corrected chi connectivity index (χ3v) is 4.94. The lowest BCUT2D eigenvalue weighted by Gasteiger charge is -2.22. The third-order valence-electron chi connectivity index (χ3n) is 4.94. The first-order chi connectivity index (χ1) is 14.2. The number of hydrogen-bond acceptors (Lipinski definition) is 5. The molecule has 0 bridgehead atoms. The number of para-hydroxylation sites is 1. The van der Waals surface area contributed by atoms with Crippen LogP contribution >= 0.6 is 0 Å². The van der Waals surface area contributed by atoms with E-state index in [1.54, 1.807) is 31.2 Å². The second kappa shape index (κ2) is 8.36. The summed E-state index contributed by atoms with van der Waals surface area (Å²) in [5.74, 6) is -0.554. The van der Waals surface area contributed by atoms with Crippen LogP contribution in [0, 0.1) is 0 Å². The van der Waals surface area contributed by atoms with Gasteiger partial charge in [-0.2, -0.15) is 0 Å². The van der Waals surface area contributed by atoms with E-state index >= 15 is 0 Å². The quantitative estimate of drug-likeness (QED) is 0.540. The van der Waals surface area contributed by atoms with Crippen LogP contribution in [-0.4, -0.2) is 47.7 Å². The predicted octanol–water partition coefficient (Wildman–Crippen LogP) is 2.39. The highest BCUT2D eigenvalue weighted by Gasteiger charge is 2.48. The Hall–Kier alpha value is -3.68. The van der Waals surface area contributed by atoms with Gasteiger partial charge in [-0.3, -0.25) is 19.3 Å². The van der Waals surface area contributed by atoms with E-state index in [2.05, 4.69) is 10.6 Å². The van der Waals surface area contributed by atoms with E-state index in [1.165, 1.54) is 20.1 Å². The van der Waals surface area contributed by atoms with Crippen molar-refractivity contribution in [1.82, 2.24) is 10.2 Å². The average Bonchev–Trinajstić information content (AvgIpc) is 2.91. The maximum atomic E-state index is 13.0. The number of carbonyl (C=O) groups is 4. The minimum atomic E-state index is -1.19. The Morgan fingerprint density at radius 1 is 1.13 bits per heavy atom. The number of hydrogen-bond donors (Lipinski definition) is 2. The summed E-state index contributed by atoms with van der Waals surface area (Å²) >= 11 is 0. The number of nitrogens with one attached hydrogen (secondary N) is 2. The number of ether oxygens (including phenoxy) is 1. The number of Topliss-reactive ketones (excluding diaryl/α,β-unsaturated/α-hetero) is 1. The number of benzene rings is 2. The number of methoxy groups -OCH3 is 1. The lowest BCUT2D eigenvalue weighted by atomic mass is 9.92. The van der Waals surface area contributed by atoms with Crippen molar-refractivity contribution >= 4 is 29.3 Å². The molecule has 1 fully saturated rings. The predicted molar refractivity (Wildman–Crippen MR) is 110 cm³/mol. The van der Waals surface area contributed by atoms with Crippen molar-refractivity contribution < 1.29 is 23.9 Å². The second-order valence-electron chi connectivity index (χ2n) is 7.33. The summed E-state index contributed by atoms with van der Waals surface area (Å²) in [6, 6.07) is 13.1. The average molecular weight is 409 g/mol. The molecule has 30 heavy (non-hydrogen) atoms. The smallest absolute Gasteiger partial charge is 0.325 e. The van der Waals surface area contributed by atoms with Gasteiger partial charge >= 0.3 is 6.03 Å². The highest BCUT2D eigenvalue weighted by molar-refractivity contribution is 6.10. The summed E-state index contributed by atoms with van der Waals surface area (Å²) in [6.45, 7) is 2.61. The number of imide groups is 1. The second-order valence-corrected chi connectivity index (χ2v) is 7.33. The minimum Gasteiger partial charge on any atom is -0.496 e. The molecule has 2 aromatic carbocycles. The van der Waals surface area contributed by atoms with Crippen molar-refractivity contribution in [2.75, 3.05) is 19.0 Å². The minimum absolute atomic E-state index is 0.132. The molecule has 0 spiro atoms. The van der Waals surface area contributed by atoms with E-state index in [4.69, 9.17) is 4.74 Å². The van der Waals surface area contributed by atoms with Gasteiger partial charge in [0.1, 0.15) is 17.8 Å². The first-order valence-electron chi connectivity index (χ1n) is 9.40. The maximum Gasteiger partial charge on any atom is 0.325 e. The molecule has 2 aromatic rings. The Morgan fingerprint density at radius 3 is 2.57 bits per heavy atom. The molecule has 8 heteroatoms. The van der Waals surface area contributed by atoms with Crippen LogP contribution in [0.1, 0.15) is 29.8 Å². The van der Waals surface area contributed by atoms with Crippen molar-refractivity contribution in [3.05, 3.63) is 59.7 Å². The molecule has 0 radical (unpaired) electrons. The number of anilines is 1. The van der Waals surface area contributed by atoms with Crippen LogP contribution in [0.25, 0.3) is 0 Å². The number of rotatable bonds is 7. The molecule has 1 aliphatic rings. The molecule has 4 amide bonds. The monoisotopic (exact) mass is 409 g/mol. The van der Waals surface area contributed by atoms with Crippen LogP contribution < -0.4 is 15.4 Å². The van der Waals surface area contributed by atoms with E-state index in [0.29, 0.717) is 17.0 Å². The van der Waals surface area contributed by atoms with Crippen molar-refractivity contribution in [2.24, 2.45) is 0 Å². The standard InChI is InChI=1S/C22H23N3O5/c1-14(26)15-8-6-9-17(11-15)23-19(27)13-25-20(28)22(2,24-21(25)29)12-16-7-4-5-10-18(16)30-3/h4-11H,12-13H2,1-3H3,(H,23,27)(H,24,29)/t22-/m1/s1. The van der Waals surface area contributed by atoms with Crippen molar-refractivity contribution in [3.63, 3.8) is 0 Å². The van der Waals surface area contributed by atoms with Gasteiger partial charge in [-0.1, -0.05) is 30.3 Å². The maximum absolute atomic E-state index is 13.0. The van der Waals surface area contributed by atoms with Gasteiger partial charge < -0.3 is 15.4 Å². The molecule has 2 N–H and O–H groups in total. The van der Waals surface area contributed by atoms with Crippen LogP contribution in [0.3, 0.4) is 0 Å². The fraction of sp³-hybridized carbons (Fsp3) is 0.273. The van der Waals surface area contributed by atoms with Gasteiger partial charge in [-0.15, -0.1) is 0 Å². The number of urea groups is 1. The zero-order valence-corrected chi connectivity index (χ0v) is 17.0. The number of ketones is 1. The Morgan fingerprint density at radius 2 is 1.87 bits per heavy atom. The summed E-state index contributed by atoms with van der Waals surface area (Å²) in [4.78, 5) is 50.2. The van der Waals surface area contributed by atoms with E-state index in [9.17, 15) is 19.2 Å². The van der Waals surface area contributed by atoms with Gasteiger partial charge in [0.15, 0.2) is 5.78 Å². The normalized spacial score (nSPS) is 18.2. The zero-order valence-electron chi connectivity index (χ0n) is 17.0. The molecule has 0 unspecified atom stereocenters. The van der Waals surface area contributed by atoms with Gasteiger partial charge in [-0.05, 0) is 37.6 Å². The topological polar surface area (TPSA) is 105 Å². The Labute approximate surface area is 174 Å². The molecular weight excluding hydrogens is 386 g/mol. The van der Waals surface area contributed by atoms with E-state index in [0.717, 1.165) is 10.5 Å². The largest absolute Gasteiger partial charge is 0.496 e. The molecular formula is C22H23N3O5. The summed E-state index contributed by atoms with van der Waals surface area (Å²) in [6.07, 6.45) is 0.223. The van der Waals surface area contributed by atoms with E-state index in [-0.39, 0.29) is 12.2 Å². The molecule has 8 nitrogen and oxygen atoms in total. The highest BCUT2D eigenvalue weighted by Crippen LogP contribution is 2.27. The van der Waals surface area contributed by atoms with Crippen LogP contribution in [0.5, 0.6) is 5.75 Å². The third kappa shape index (κ3) is 4.32. The van der Waals surface area contributed by atoms with Crippen LogP contribution in [0.4, 0.5) is 10.5 Å². The van der Waals surface area contributed by atoms with Crippen LogP contribution in [0.2, 0.25) is 0 Å². The Balaban J connectivity index is 1.70. The van der Waals surface area contributed by atoms with Crippen LogP contribution in [0.15, 0.2) is 48.5 Å². The van der Waals surface area contributed by atoms with Crippen molar-refractivity contribution in [1.29, 1.82) is 0 Å². The molecule has 1 atom stereocenters. The lowest BCUT2D eigenvalue weighted by Crippen LogP contribution is -2.46. The summed E-state index contributed by atoms with van der Waals surface area (Å²) in [5.41, 5.74) is 0.438. The Kier molecular flexibility index (Phi) is 5.86. The molecule has 1 saturated heterocycles. The molecule has 156 valence electrons. The van der Waals surface area contributed by atoms with Crippen LogP contribution in [-0.2, 0) is 16.0 Å². The number of carbonyl (C=O) groups excluding carboxylic acids is 4. The molecule has 0 aliphatic carbocycles. The zero-order chi connectivity index (χ0) is 21.9. The number of amides is 4. The van der Waals surface area contributed by atoms with Gasteiger partial charge in [0, 0.05) is 17.7 Å². The summed E-state index contributed by atoms with van der Waals surface area (Å²) < 4.78 is 5.32. The summed E-state index contributed by atoms with van der Waals surface area (Å²) in [5, 5.41) is 5.30. The fourth-order valence-electron chi connectivity index (χ4n) is 3.40. The first kappa shape index (κ1) is 21.0. The highest BCUT2D eigenvalue weighted by atomic mass is 16.5. The van der Waals surface area contributed by atoms with Crippen molar-refractivity contribution in [2.45, 2.75) is 25.8 Å². The van der Waals surface area contributed by atoms with Gasteiger partial charge in [0.2, 0.25) is 5.91 Å². The van der Waals surface area contributed by atoms with Crippen molar-refractivity contribution in [3.8, 4) is 5.75 Å². The molecule has 1 aliphatic heterocycles. The fourth-order valence-corrected chi connectivity index (χ4v) is 3.40. The number of nitrogens with zero attached hydrogens (tertiary/aromatic N) is 1. The summed E-state index contributed by atoms with van der Waals surface area (Å²) in [7, 11) is 1.54. The van der Waals surface area contributed by atoms with E-state index < -0.39 is 29.9 Å². The first-order valence-corrected chi connectivity index (χ1v) is 9.40. The lowest BCUT2D eigenvalue weighted by molar-refractivity contribution is -0.133. The van der Waals surface area contributed by atoms with Gasteiger partial charge in [-0.25, -0.2) is 4.79 Å². The molecule has 0 aromatic heterocycles. The molecule has 3 rings (SSSR count). The van der Waals surface area contributed by atoms with Gasteiger partial charge in [0.05, 0.1) is 7.11 Å². The Bertz CT molecular complexity index is 1020.